The maximum atomic E-state index is 12.4. The molecule has 0 heterocycles. The predicted octanol–water partition coefficient (Wildman–Crippen LogP) is 0.0366. The molecule has 0 saturated heterocycles. The Bertz CT molecular complexity index is 485. The van der Waals surface area contributed by atoms with Gasteiger partial charge in [0.15, 0.2) is 0 Å². The van der Waals surface area contributed by atoms with E-state index in [0.717, 1.165) is 25.7 Å². The van der Waals surface area contributed by atoms with Crippen LogP contribution in [0.3, 0.4) is 0 Å². The summed E-state index contributed by atoms with van der Waals surface area (Å²) in [5.74, 6) is 0.184. The van der Waals surface area contributed by atoms with Gasteiger partial charge in [-0.1, -0.05) is 0 Å². The third-order valence-electron chi connectivity index (χ3n) is 4.23. The molecular formula is C14H26N2O4S. The van der Waals surface area contributed by atoms with Gasteiger partial charge in [-0.05, 0) is 38.6 Å². The molecule has 0 bridgehead atoms. The normalized spacial score (nSPS) is 22.1. The van der Waals surface area contributed by atoms with Crippen molar-refractivity contribution in [2.45, 2.75) is 37.3 Å². The molecule has 122 valence electrons. The highest BCUT2D eigenvalue weighted by molar-refractivity contribution is 7.90. The first-order valence-electron chi connectivity index (χ1n) is 7.49. The number of hydrogen-bond acceptors (Lipinski definition) is 6. The molecule has 1 atom stereocenters. The van der Waals surface area contributed by atoms with Crippen LogP contribution in [-0.4, -0.2) is 70.1 Å². The number of nitrogens with one attached hydrogen (secondary N) is 1. The summed E-state index contributed by atoms with van der Waals surface area (Å²) in [5.41, 5.74) is -0.678. The predicted molar refractivity (Wildman–Crippen MR) is 80.8 cm³/mol. The van der Waals surface area contributed by atoms with Gasteiger partial charge in [-0.2, -0.15) is 0 Å². The third kappa shape index (κ3) is 4.66. The quantitative estimate of drug-likeness (QED) is 0.605. The lowest BCUT2D eigenvalue weighted by Gasteiger charge is -2.36. The van der Waals surface area contributed by atoms with E-state index in [1.807, 2.05) is 11.9 Å². The summed E-state index contributed by atoms with van der Waals surface area (Å²) in [5, 5.41) is 3.48. The summed E-state index contributed by atoms with van der Waals surface area (Å²) in [6.07, 6.45) is 5.47. The molecule has 21 heavy (non-hydrogen) atoms. The zero-order chi connectivity index (χ0) is 15.7. The average molecular weight is 318 g/mol. The second kappa shape index (κ2) is 6.22. The molecular weight excluding hydrogens is 292 g/mol. The molecule has 0 aromatic rings. The van der Waals surface area contributed by atoms with Gasteiger partial charge in [0.05, 0.1) is 12.9 Å². The molecule has 1 N–H and O–H groups in total. The van der Waals surface area contributed by atoms with E-state index in [0.29, 0.717) is 25.0 Å². The first kappa shape index (κ1) is 16.7. The topological polar surface area (TPSA) is 75.7 Å². The van der Waals surface area contributed by atoms with Gasteiger partial charge in [-0.25, -0.2) is 13.2 Å². The highest BCUT2D eigenvalue weighted by Gasteiger charge is 2.54. The first-order valence-corrected chi connectivity index (χ1v) is 9.55. The second-order valence-electron chi connectivity index (χ2n) is 6.52. The molecule has 6 nitrogen and oxygen atoms in total. The second-order valence-corrected chi connectivity index (χ2v) is 8.78. The molecule has 0 spiro atoms. The molecule has 0 amide bonds. The summed E-state index contributed by atoms with van der Waals surface area (Å²) in [6, 6.07) is 0.396. The lowest BCUT2D eigenvalue weighted by Crippen LogP contribution is -2.61. The number of likely N-dealkylation sites (N-methyl/N-ethyl adjacent to an activating group) is 1. The number of hydrogen-bond donors (Lipinski definition) is 1. The Balaban J connectivity index is 2.05. The molecule has 1 unspecified atom stereocenters. The van der Waals surface area contributed by atoms with Crippen molar-refractivity contribution in [2.24, 2.45) is 5.92 Å². The third-order valence-corrected chi connectivity index (χ3v) is 5.15. The van der Waals surface area contributed by atoms with E-state index >= 15 is 0 Å². The van der Waals surface area contributed by atoms with Crippen molar-refractivity contribution >= 4 is 15.8 Å². The number of carbonyl (C=O) groups excluding carboxylic acids is 1. The number of rotatable bonds is 9. The standard InChI is InChI=1S/C14H26N2O4S/c1-16(8-9-21(3,18)19)10-14(11-4-5-11,13(17)20-2)15-12-6-7-12/h11-12,15H,4-10H2,1-3H3. The van der Waals surface area contributed by atoms with E-state index in [1.165, 1.54) is 13.4 Å². The zero-order valence-corrected chi connectivity index (χ0v) is 13.9. The van der Waals surface area contributed by atoms with Crippen LogP contribution in [0.1, 0.15) is 25.7 Å². The van der Waals surface area contributed by atoms with Gasteiger partial charge in [0.25, 0.3) is 0 Å². The van der Waals surface area contributed by atoms with Crippen molar-refractivity contribution in [3.8, 4) is 0 Å². The Hall–Kier alpha value is -0.660. The lowest BCUT2D eigenvalue weighted by atomic mass is 9.92. The van der Waals surface area contributed by atoms with E-state index in [4.69, 9.17) is 4.74 Å². The van der Waals surface area contributed by atoms with Crippen LogP contribution in [0.2, 0.25) is 0 Å². The highest BCUT2D eigenvalue weighted by atomic mass is 32.2. The Morgan fingerprint density at radius 2 is 1.95 bits per heavy atom. The Morgan fingerprint density at radius 1 is 1.33 bits per heavy atom. The molecule has 2 aliphatic rings. The summed E-state index contributed by atoms with van der Waals surface area (Å²) in [6.45, 7) is 0.924. The summed E-state index contributed by atoms with van der Waals surface area (Å²) in [4.78, 5) is 14.3. The highest BCUT2D eigenvalue weighted by Crippen LogP contribution is 2.42. The number of carbonyl (C=O) groups is 1. The van der Waals surface area contributed by atoms with Crippen LogP contribution >= 0.6 is 0 Å². The van der Waals surface area contributed by atoms with Gasteiger partial charge in [-0.3, -0.25) is 5.32 Å². The van der Waals surface area contributed by atoms with Crippen LogP contribution < -0.4 is 5.32 Å². The molecule has 0 aliphatic heterocycles. The van der Waals surface area contributed by atoms with Crippen LogP contribution in [0, 0.1) is 5.92 Å². The molecule has 2 aliphatic carbocycles. The molecule has 0 aromatic carbocycles. The van der Waals surface area contributed by atoms with Crippen molar-refractivity contribution in [2.75, 3.05) is 39.3 Å². The minimum absolute atomic E-state index is 0.106. The Kier molecular flexibility index (Phi) is 4.95. The lowest BCUT2D eigenvalue weighted by molar-refractivity contribution is -0.150. The van der Waals surface area contributed by atoms with Crippen molar-refractivity contribution < 1.29 is 17.9 Å². The number of nitrogens with zero attached hydrogens (tertiary/aromatic N) is 1. The number of ether oxygens (including phenoxy) is 1. The molecule has 2 rings (SSSR count). The van der Waals surface area contributed by atoms with Crippen molar-refractivity contribution in [1.82, 2.24) is 10.2 Å². The fourth-order valence-corrected chi connectivity index (χ4v) is 3.40. The van der Waals surface area contributed by atoms with Gasteiger partial charge in [0.2, 0.25) is 0 Å². The van der Waals surface area contributed by atoms with Crippen LogP contribution in [-0.2, 0) is 19.4 Å². The Labute approximate surface area is 127 Å². The van der Waals surface area contributed by atoms with E-state index in [9.17, 15) is 13.2 Å². The summed E-state index contributed by atoms with van der Waals surface area (Å²) >= 11 is 0. The van der Waals surface area contributed by atoms with Crippen molar-refractivity contribution in [3.05, 3.63) is 0 Å². The van der Waals surface area contributed by atoms with Gasteiger partial charge in [-0.15, -0.1) is 0 Å². The fourth-order valence-electron chi connectivity index (χ4n) is 2.76. The molecule has 0 aromatic heterocycles. The van der Waals surface area contributed by atoms with E-state index in [1.54, 1.807) is 0 Å². The van der Waals surface area contributed by atoms with Crippen LogP contribution in [0.25, 0.3) is 0 Å². The molecule has 0 radical (unpaired) electrons. The number of sulfone groups is 1. The van der Waals surface area contributed by atoms with Crippen LogP contribution in [0.4, 0.5) is 0 Å². The maximum Gasteiger partial charge on any atom is 0.327 e. The number of methoxy groups -OCH3 is 1. The minimum atomic E-state index is -2.99. The van der Waals surface area contributed by atoms with Crippen LogP contribution in [0.15, 0.2) is 0 Å². The van der Waals surface area contributed by atoms with E-state index < -0.39 is 15.4 Å². The van der Waals surface area contributed by atoms with Gasteiger partial charge in [0.1, 0.15) is 15.4 Å². The molecule has 7 heteroatoms. The summed E-state index contributed by atoms with van der Waals surface area (Å²) in [7, 11) is 0.288. The Morgan fingerprint density at radius 3 is 2.38 bits per heavy atom. The minimum Gasteiger partial charge on any atom is -0.468 e. The summed E-state index contributed by atoms with van der Waals surface area (Å²) < 4.78 is 27.6. The maximum absolute atomic E-state index is 12.4. The molecule has 2 fully saturated rings. The van der Waals surface area contributed by atoms with E-state index in [2.05, 4.69) is 5.32 Å². The SMILES string of the molecule is COC(=O)C(CN(C)CCS(C)(=O)=O)(NC1CC1)C1CC1. The van der Waals surface area contributed by atoms with Gasteiger partial charge >= 0.3 is 5.97 Å². The average Bonchev–Trinajstić information content (AvgIpc) is 3.25. The fraction of sp³-hybridized carbons (Fsp3) is 0.929. The molecule has 2 saturated carbocycles. The van der Waals surface area contributed by atoms with E-state index in [-0.39, 0.29) is 11.7 Å². The van der Waals surface area contributed by atoms with Gasteiger partial charge in [0, 0.05) is 25.4 Å². The van der Waals surface area contributed by atoms with Crippen molar-refractivity contribution in [1.29, 1.82) is 0 Å². The van der Waals surface area contributed by atoms with Gasteiger partial charge < -0.3 is 9.64 Å². The van der Waals surface area contributed by atoms with Crippen molar-refractivity contribution in [3.63, 3.8) is 0 Å². The largest absolute Gasteiger partial charge is 0.468 e. The zero-order valence-electron chi connectivity index (χ0n) is 13.1. The monoisotopic (exact) mass is 318 g/mol. The van der Waals surface area contributed by atoms with Crippen LogP contribution in [0.5, 0.6) is 0 Å². The first-order chi connectivity index (χ1) is 9.77. The smallest absolute Gasteiger partial charge is 0.327 e. The number of esters is 1.